The third-order valence-corrected chi connectivity index (χ3v) is 5.67. The van der Waals surface area contributed by atoms with Crippen molar-refractivity contribution in [2.45, 2.75) is 12.6 Å². The summed E-state index contributed by atoms with van der Waals surface area (Å²) in [6.45, 7) is 2.11. The maximum atomic E-state index is 13.0. The van der Waals surface area contributed by atoms with Crippen LogP contribution in [0.2, 0.25) is 0 Å². The number of amides is 2. The Morgan fingerprint density at radius 1 is 0.900 bits per heavy atom. The molecular formula is C22H22F3N3O2. The standard InChI is InChI=1S/C22H22F3N3O2/c23-22(24,25)17-5-4-8-19(14-17)26-9-11-27(12-10-26)21(30)16-13-20(29)28(15-16)18-6-2-1-3-7-18/h1-8,14,16H,9-13,15H2/t16-/m0/s1. The highest BCUT2D eigenvalue weighted by Crippen LogP contribution is 2.32. The van der Waals surface area contributed by atoms with Gasteiger partial charge in [0.05, 0.1) is 11.5 Å². The molecular weight excluding hydrogens is 395 g/mol. The molecule has 0 aliphatic carbocycles. The second-order valence-corrected chi connectivity index (χ2v) is 7.60. The predicted molar refractivity (Wildman–Crippen MR) is 107 cm³/mol. The van der Waals surface area contributed by atoms with Crippen LogP contribution in [0.25, 0.3) is 0 Å². The Kier molecular flexibility index (Phi) is 5.40. The van der Waals surface area contributed by atoms with Crippen molar-refractivity contribution in [1.82, 2.24) is 4.90 Å². The zero-order valence-corrected chi connectivity index (χ0v) is 16.3. The number of para-hydroxylation sites is 1. The Hall–Kier alpha value is -3.03. The van der Waals surface area contributed by atoms with Crippen molar-refractivity contribution in [2.24, 2.45) is 5.92 Å². The van der Waals surface area contributed by atoms with Crippen LogP contribution < -0.4 is 9.80 Å². The average Bonchev–Trinajstić information content (AvgIpc) is 3.15. The minimum Gasteiger partial charge on any atom is -0.368 e. The molecule has 0 spiro atoms. The van der Waals surface area contributed by atoms with E-state index < -0.39 is 17.7 Å². The monoisotopic (exact) mass is 417 g/mol. The first-order chi connectivity index (χ1) is 14.3. The zero-order valence-electron chi connectivity index (χ0n) is 16.3. The highest BCUT2D eigenvalue weighted by atomic mass is 19.4. The summed E-state index contributed by atoms with van der Waals surface area (Å²) in [5.74, 6) is -0.523. The van der Waals surface area contributed by atoms with Gasteiger partial charge in [-0.25, -0.2) is 0 Å². The smallest absolute Gasteiger partial charge is 0.368 e. The summed E-state index contributed by atoms with van der Waals surface area (Å²) in [7, 11) is 0. The minimum atomic E-state index is -4.38. The average molecular weight is 417 g/mol. The van der Waals surface area contributed by atoms with Gasteiger partial charge < -0.3 is 14.7 Å². The highest BCUT2D eigenvalue weighted by molar-refractivity contribution is 6.00. The predicted octanol–water partition coefficient (Wildman–Crippen LogP) is 3.41. The number of alkyl halides is 3. The normalized spacial score (nSPS) is 20.0. The molecule has 2 amide bonds. The molecule has 30 heavy (non-hydrogen) atoms. The van der Waals surface area contributed by atoms with E-state index in [0.29, 0.717) is 38.4 Å². The van der Waals surface area contributed by atoms with Crippen LogP contribution in [0.15, 0.2) is 54.6 Å². The van der Waals surface area contributed by atoms with Crippen molar-refractivity contribution in [3.8, 4) is 0 Å². The fraction of sp³-hybridized carbons (Fsp3) is 0.364. The van der Waals surface area contributed by atoms with Crippen molar-refractivity contribution in [1.29, 1.82) is 0 Å². The van der Waals surface area contributed by atoms with Gasteiger partial charge in [0.1, 0.15) is 0 Å². The van der Waals surface area contributed by atoms with Gasteiger partial charge >= 0.3 is 6.18 Å². The number of halogens is 3. The van der Waals surface area contributed by atoms with Crippen molar-refractivity contribution < 1.29 is 22.8 Å². The number of anilines is 2. The van der Waals surface area contributed by atoms with Crippen LogP contribution in [0, 0.1) is 5.92 Å². The molecule has 2 fully saturated rings. The molecule has 8 heteroatoms. The van der Waals surface area contributed by atoms with Gasteiger partial charge in [-0.1, -0.05) is 24.3 Å². The summed E-state index contributed by atoms with van der Waals surface area (Å²) in [6.07, 6.45) is -4.20. The lowest BCUT2D eigenvalue weighted by Gasteiger charge is -2.37. The summed E-state index contributed by atoms with van der Waals surface area (Å²) >= 11 is 0. The van der Waals surface area contributed by atoms with Crippen LogP contribution in [0.5, 0.6) is 0 Å². The SMILES string of the molecule is O=C([C@H]1CC(=O)N(c2ccccc2)C1)N1CCN(c2cccc(C(F)(F)F)c2)CC1. The van der Waals surface area contributed by atoms with Crippen molar-refractivity contribution in [2.75, 3.05) is 42.5 Å². The summed E-state index contributed by atoms with van der Waals surface area (Å²) in [4.78, 5) is 30.5. The first kappa shape index (κ1) is 20.3. The molecule has 0 bridgehead atoms. The van der Waals surface area contributed by atoms with Crippen LogP contribution in [0.4, 0.5) is 24.5 Å². The van der Waals surface area contributed by atoms with Crippen molar-refractivity contribution in [3.63, 3.8) is 0 Å². The van der Waals surface area contributed by atoms with Gasteiger partial charge in [0.25, 0.3) is 0 Å². The maximum Gasteiger partial charge on any atom is 0.416 e. The Balaban J connectivity index is 1.37. The number of carbonyl (C=O) groups is 2. The van der Waals surface area contributed by atoms with Crippen molar-refractivity contribution >= 4 is 23.2 Å². The summed E-state index contributed by atoms with van der Waals surface area (Å²) in [5, 5.41) is 0. The number of piperazine rings is 1. The van der Waals surface area contributed by atoms with Gasteiger partial charge in [-0.15, -0.1) is 0 Å². The van der Waals surface area contributed by atoms with Crippen LogP contribution in [0.1, 0.15) is 12.0 Å². The van der Waals surface area contributed by atoms with E-state index in [1.165, 1.54) is 6.07 Å². The number of hydrogen-bond donors (Lipinski definition) is 0. The largest absolute Gasteiger partial charge is 0.416 e. The van der Waals surface area contributed by atoms with Crippen LogP contribution in [0.3, 0.4) is 0 Å². The lowest BCUT2D eigenvalue weighted by Crippen LogP contribution is -2.50. The quantitative estimate of drug-likeness (QED) is 0.769. The van der Waals surface area contributed by atoms with Gasteiger partial charge in [0.15, 0.2) is 0 Å². The van der Waals surface area contributed by atoms with E-state index in [9.17, 15) is 22.8 Å². The number of hydrogen-bond acceptors (Lipinski definition) is 3. The topological polar surface area (TPSA) is 43.9 Å². The first-order valence-corrected chi connectivity index (χ1v) is 9.89. The molecule has 0 N–H and O–H groups in total. The third kappa shape index (κ3) is 4.13. The zero-order chi connectivity index (χ0) is 21.3. The van der Waals surface area contributed by atoms with Gasteiger partial charge in [-0.3, -0.25) is 9.59 Å². The lowest BCUT2D eigenvalue weighted by molar-refractivity contribution is -0.137. The molecule has 0 saturated carbocycles. The van der Waals surface area contributed by atoms with E-state index in [1.54, 1.807) is 15.9 Å². The molecule has 0 unspecified atom stereocenters. The molecule has 2 saturated heterocycles. The Labute approximate surface area is 172 Å². The minimum absolute atomic E-state index is 0.0644. The summed E-state index contributed by atoms with van der Waals surface area (Å²) in [5.41, 5.74) is 0.611. The second kappa shape index (κ2) is 8.01. The Bertz CT molecular complexity index is 925. The van der Waals surface area contributed by atoms with Gasteiger partial charge in [-0.05, 0) is 30.3 Å². The maximum absolute atomic E-state index is 13.0. The number of nitrogens with zero attached hydrogens (tertiary/aromatic N) is 3. The molecule has 2 heterocycles. The second-order valence-electron chi connectivity index (χ2n) is 7.60. The van der Waals surface area contributed by atoms with Gasteiger partial charge in [0.2, 0.25) is 11.8 Å². The molecule has 4 rings (SSSR count). The first-order valence-electron chi connectivity index (χ1n) is 9.89. The molecule has 2 aliphatic heterocycles. The number of benzene rings is 2. The molecule has 1 atom stereocenters. The molecule has 2 aromatic rings. The van der Waals surface area contributed by atoms with E-state index in [-0.39, 0.29) is 18.2 Å². The van der Waals surface area contributed by atoms with Crippen LogP contribution >= 0.6 is 0 Å². The van der Waals surface area contributed by atoms with Crippen LogP contribution in [-0.2, 0) is 15.8 Å². The Morgan fingerprint density at radius 2 is 1.57 bits per heavy atom. The lowest BCUT2D eigenvalue weighted by atomic mass is 10.1. The molecule has 2 aliphatic rings. The third-order valence-electron chi connectivity index (χ3n) is 5.67. The van der Waals surface area contributed by atoms with E-state index in [2.05, 4.69) is 0 Å². The number of carbonyl (C=O) groups excluding carboxylic acids is 2. The van der Waals surface area contributed by atoms with E-state index in [1.807, 2.05) is 35.2 Å². The molecule has 5 nitrogen and oxygen atoms in total. The molecule has 158 valence electrons. The van der Waals surface area contributed by atoms with E-state index >= 15 is 0 Å². The van der Waals surface area contributed by atoms with Gasteiger partial charge in [-0.2, -0.15) is 13.2 Å². The molecule has 0 radical (unpaired) electrons. The number of rotatable bonds is 3. The van der Waals surface area contributed by atoms with E-state index in [0.717, 1.165) is 17.8 Å². The molecule has 0 aromatic heterocycles. The summed E-state index contributed by atoms with van der Waals surface area (Å²) in [6, 6.07) is 14.5. The van der Waals surface area contributed by atoms with E-state index in [4.69, 9.17) is 0 Å². The summed E-state index contributed by atoms with van der Waals surface area (Å²) < 4.78 is 38.9. The fourth-order valence-corrected chi connectivity index (χ4v) is 4.05. The fourth-order valence-electron chi connectivity index (χ4n) is 4.05. The van der Waals surface area contributed by atoms with Gasteiger partial charge in [0, 0.05) is 50.5 Å². The van der Waals surface area contributed by atoms with Crippen molar-refractivity contribution in [3.05, 3.63) is 60.2 Å². The highest BCUT2D eigenvalue weighted by Gasteiger charge is 2.38. The Morgan fingerprint density at radius 3 is 2.23 bits per heavy atom. The van der Waals surface area contributed by atoms with Crippen LogP contribution in [-0.4, -0.2) is 49.4 Å². The molecule has 2 aromatic carbocycles.